The summed E-state index contributed by atoms with van der Waals surface area (Å²) in [5.41, 5.74) is 1.00. The monoisotopic (exact) mass is 407 g/mol. The Balaban J connectivity index is 2.35. The molecule has 3 unspecified atom stereocenters. The molecule has 4 nitrogen and oxygen atoms in total. The third-order valence-corrected chi connectivity index (χ3v) is 12.7. The maximum atomic E-state index is 13.2. The molecule has 0 aliphatic heterocycles. The molecule has 3 atom stereocenters. The zero-order valence-corrected chi connectivity index (χ0v) is 19.3. The van der Waals surface area contributed by atoms with E-state index in [0.29, 0.717) is 0 Å². The number of nitrogens with zero attached hydrogens (tertiary/aromatic N) is 1. The second kappa shape index (κ2) is 8.06. The Morgan fingerprint density at radius 1 is 1.15 bits per heavy atom. The summed E-state index contributed by atoms with van der Waals surface area (Å²) in [6.45, 7) is 20.6. The van der Waals surface area contributed by atoms with E-state index in [1.165, 1.54) is 0 Å². The van der Waals surface area contributed by atoms with Crippen molar-refractivity contribution in [2.75, 3.05) is 0 Å². The first-order valence-corrected chi connectivity index (χ1v) is 14.2. The van der Waals surface area contributed by atoms with Gasteiger partial charge in [0.25, 0.3) is 9.84 Å². The van der Waals surface area contributed by atoms with Crippen molar-refractivity contribution >= 4 is 18.2 Å². The molecule has 0 amide bonds. The molecule has 0 heterocycles. The van der Waals surface area contributed by atoms with E-state index in [1.54, 1.807) is 24.3 Å². The Morgan fingerprint density at radius 3 is 2.22 bits per heavy atom. The predicted molar refractivity (Wildman–Crippen MR) is 113 cm³/mol. The fourth-order valence-corrected chi connectivity index (χ4v) is 6.52. The standard InChI is InChI=1S/C21H33NO3SSi/c1-16-12-14-17(15-13-16)26(23,24)20(22-5)18-10-8-9-11-19(18)25-27(6,7)21(2,3)4/h12-15,18-20H,8-11H2,1-4,6-7H3. The zero-order valence-electron chi connectivity index (χ0n) is 17.5. The molecule has 150 valence electrons. The summed E-state index contributed by atoms with van der Waals surface area (Å²) in [5.74, 6) is -0.267. The maximum Gasteiger partial charge on any atom is 0.330 e. The van der Waals surface area contributed by atoms with Gasteiger partial charge in [0.2, 0.25) is 0 Å². The molecule has 1 aromatic rings. The number of hydrogen-bond donors (Lipinski definition) is 0. The summed E-state index contributed by atoms with van der Waals surface area (Å²) in [6, 6.07) is 6.82. The van der Waals surface area contributed by atoms with Gasteiger partial charge in [-0.05, 0) is 50.0 Å². The SMILES string of the molecule is [C-]#[N+]C(C1CCCCC1O[Si](C)(C)C(C)(C)C)S(=O)(=O)c1ccc(C)cc1. The van der Waals surface area contributed by atoms with E-state index >= 15 is 0 Å². The number of rotatable bonds is 5. The number of benzene rings is 1. The molecule has 1 aliphatic carbocycles. The summed E-state index contributed by atoms with van der Waals surface area (Å²) < 4.78 is 33.1. The van der Waals surface area contributed by atoms with E-state index in [2.05, 4.69) is 38.7 Å². The summed E-state index contributed by atoms with van der Waals surface area (Å²) in [6.07, 6.45) is 3.41. The summed E-state index contributed by atoms with van der Waals surface area (Å²) >= 11 is 0. The van der Waals surface area contributed by atoms with Gasteiger partial charge in [0.15, 0.2) is 8.32 Å². The third kappa shape index (κ3) is 4.82. The van der Waals surface area contributed by atoms with Crippen LogP contribution in [0.4, 0.5) is 0 Å². The molecule has 1 fully saturated rings. The van der Waals surface area contributed by atoms with E-state index in [9.17, 15) is 8.42 Å². The zero-order chi connectivity index (χ0) is 20.5. The van der Waals surface area contributed by atoms with Crippen LogP contribution in [0.25, 0.3) is 4.85 Å². The highest BCUT2D eigenvalue weighted by molar-refractivity contribution is 7.92. The van der Waals surface area contributed by atoms with Crippen molar-refractivity contribution in [3.8, 4) is 0 Å². The van der Waals surface area contributed by atoms with Crippen LogP contribution in [0, 0.1) is 19.4 Å². The van der Waals surface area contributed by atoms with Crippen molar-refractivity contribution < 1.29 is 12.8 Å². The molecule has 0 spiro atoms. The van der Waals surface area contributed by atoms with E-state index in [1.807, 2.05) is 6.92 Å². The lowest BCUT2D eigenvalue weighted by atomic mass is 9.86. The van der Waals surface area contributed by atoms with Crippen LogP contribution in [0.2, 0.25) is 18.1 Å². The van der Waals surface area contributed by atoms with Gasteiger partial charge in [-0.2, -0.15) is 0 Å². The summed E-state index contributed by atoms with van der Waals surface area (Å²) in [4.78, 5) is 3.86. The van der Waals surface area contributed by atoms with Crippen LogP contribution < -0.4 is 0 Å². The lowest BCUT2D eigenvalue weighted by Crippen LogP contribution is -2.49. The van der Waals surface area contributed by atoms with Crippen molar-refractivity contribution in [1.82, 2.24) is 0 Å². The van der Waals surface area contributed by atoms with Crippen LogP contribution >= 0.6 is 0 Å². The van der Waals surface area contributed by atoms with Gasteiger partial charge >= 0.3 is 5.37 Å². The lowest BCUT2D eigenvalue weighted by Gasteiger charge is -2.42. The topological polar surface area (TPSA) is 47.7 Å². The average molecular weight is 408 g/mol. The van der Waals surface area contributed by atoms with Crippen LogP contribution in [0.1, 0.15) is 52.0 Å². The van der Waals surface area contributed by atoms with Crippen molar-refractivity contribution in [2.24, 2.45) is 5.92 Å². The van der Waals surface area contributed by atoms with Gasteiger partial charge in [-0.25, -0.2) is 15.0 Å². The minimum atomic E-state index is -3.71. The molecule has 1 saturated carbocycles. The van der Waals surface area contributed by atoms with Gasteiger partial charge in [-0.3, -0.25) is 4.85 Å². The largest absolute Gasteiger partial charge is 0.413 e. The predicted octanol–water partition coefficient (Wildman–Crippen LogP) is 5.59. The lowest BCUT2D eigenvalue weighted by molar-refractivity contribution is 0.0815. The van der Waals surface area contributed by atoms with Crippen LogP contribution in [-0.2, 0) is 14.3 Å². The second-order valence-electron chi connectivity index (χ2n) is 9.24. The van der Waals surface area contributed by atoms with E-state index < -0.39 is 23.5 Å². The Bertz CT molecular complexity index is 788. The second-order valence-corrected chi connectivity index (χ2v) is 16.0. The van der Waals surface area contributed by atoms with Crippen LogP contribution in [0.15, 0.2) is 29.2 Å². The highest BCUT2D eigenvalue weighted by Crippen LogP contribution is 2.42. The van der Waals surface area contributed by atoms with E-state index in [4.69, 9.17) is 11.0 Å². The Morgan fingerprint density at radius 2 is 1.70 bits per heavy atom. The van der Waals surface area contributed by atoms with Gasteiger partial charge in [-0.15, -0.1) is 0 Å². The van der Waals surface area contributed by atoms with Crippen molar-refractivity contribution in [3.05, 3.63) is 41.2 Å². The number of aryl methyl sites for hydroxylation is 1. The number of sulfone groups is 1. The maximum absolute atomic E-state index is 13.2. The molecule has 0 aromatic heterocycles. The minimum absolute atomic E-state index is 0.0540. The Hall–Kier alpha value is -1.16. The fourth-order valence-electron chi connectivity index (χ4n) is 3.42. The van der Waals surface area contributed by atoms with Gasteiger partial charge in [0.1, 0.15) is 0 Å². The average Bonchev–Trinajstić information content (AvgIpc) is 2.56. The van der Waals surface area contributed by atoms with Gasteiger partial charge in [-0.1, -0.05) is 51.3 Å². The summed E-state index contributed by atoms with van der Waals surface area (Å²) in [5, 5.41) is -1.02. The normalized spacial score (nSPS) is 22.9. The molecule has 0 N–H and O–H groups in total. The quantitative estimate of drug-likeness (QED) is 0.472. The molecule has 0 bridgehead atoms. The highest BCUT2D eigenvalue weighted by Gasteiger charge is 2.48. The van der Waals surface area contributed by atoms with Crippen LogP contribution in [-0.4, -0.2) is 28.2 Å². The van der Waals surface area contributed by atoms with Gasteiger partial charge in [0.05, 0.1) is 16.9 Å². The molecular weight excluding hydrogens is 374 g/mol. The smallest absolute Gasteiger partial charge is 0.330 e. The molecule has 0 saturated heterocycles. The van der Waals surface area contributed by atoms with Crippen LogP contribution in [0.3, 0.4) is 0 Å². The fraction of sp³-hybridized carbons (Fsp3) is 0.667. The molecule has 0 radical (unpaired) electrons. The minimum Gasteiger partial charge on any atom is -0.413 e. The van der Waals surface area contributed by atoms with Crippen molar-refractivity contribution in [2.45, 2.75) is 87.9 Å². The third-order valence-electron chi connectivity index (χ3n) is 6.17. The molecule has 6 heteroatoms. The first-order chi connectivity index (χ1) is 12.4. The van der Waals surface area contributed by atoms with Crippen LogP contribution in [0.5, 0.6) is 0 Å². The Kier molecular flexibility index (Phi) is 6.61. The van der Waals surface area contributed by atoms with E-state index in [-0.39, 0.29) is 22.0 Å². The number of hydrogen-bond acceptors (Lipinski definition) is 3. The summed E-state index contributed by atoms with van der Waals surface area (Å²) in [7, 11) is -5.75. The van der Waals surface area contributed by atoms with Crippen molar-refractivity contribution in [3.63, 3.8) is 0 Å². The van der Waals surface area contributed by atoms with Gasteiger partial charge < -0.3 is 4.43 Å². The molecule has 1 aliphatic rings. The first kappa shape index (κ1) is 22.1. The molecule has 27 heavy (non-hydrogen) atoms. The molecule has 2 rings (SSSR count). The van der Waals surface area contributed by atoms with Crippen molar-refractivity contribution in [1.29, 1.82) is 0 Å². The molecular formula is C21H33NO3SSi. The Labute approximate surface area is 166 Å². The first-order valence-electron chi connectivity index (χ1n) is 9.75. The molecule has 1 aromatic carbocycles. The van der Waals surface area contributed by atoms with Gasteiger partial charge in [0, 0.05) is 0 Å². The highest BCUT2D eigenvalue weighted by atomic mass is 32.2. The van der Waals surface area contributed by atoms with E-state index in [0.717, 1.165) is 31.2 Å².